The van der Waals surface area contributed by atoms with Crippen LogP contribution in [0.1, 0.15) is 37.0 Å². The van der Waals surface area contributed by atoms with E-state index >= 15 is 0 Å². The van der Waals surface area contributed by atoms with Crippen LogP contribution in [0.3, 0.4) is 0 Å². The molecule has 2 amide bonds. The molecule has 0 spiro atoms. The lowest BCUT2D eigenvalue weighted by molar-refractivity contribution is 0.237. The number of nitrogens with one attached hydrogen (secondary N) is 3. The summed E-state index contributed by atoms with van der Waals surface area (Å²) in [6.07, 6.45) is 1.39. The Balaban J connectivity index is 2.07. The summed E-state index contributed by atoms with van der Waals surface area (Å²) >= 11 is 0. The van der Waals surface area contributed by atoms with Gasteiger partial charge in [0.25, 0.3) is 5.56 Å². The molecule has 0 bridgehead atoms. The number of aromatic amines is 1. The number of amides is 2. The minimum atomic E-state index is -0.192. The zero-order valence-electron chi connectivity index (χ0n) is 14.2. The number of fused-ring (bicyclic) bond motifs is 1. The number of pyridine rings is 1. The maximum absolute atomic E-state index is 12.2. The Labute approximate surface area is 136 Å². The van der Waals surface area contributed by atoms with E-state index in [9.17, 15) is 9.59 Å². The van der Waals surface area contributed by atoms with Crippen LogP contribution >= 0.6 is 0 Å². The molecule has 0 aliphatic heterocycles. The molecule has 0 radical (unpaired) electrons. The molecule has 124 valence electrons. The fraction of sp³-hybridized carbons (Fsp3) is 0.444. The molecule has 1 heterocycles. The second kappa shape index (κ2) is 7.31. The quantitative estimate of drug-likeness (QED) is 0.793. The lowest BCUT2D eigenvalue weighted by atomic mass is 10.0. The number of carbonyl (C=O) groups is 1. The molecule has 5 heteroatoms. The Morgan fingerprint density at radius 1 is 1.30 bits per heavy atom. The molecule has 0 fully saturated rings. The van der Waals surface area contributed by atoms with Crippen LogP contribution in [0, 0.1) is 13.8 Å². The number of benzene rings is 1. The molecule has 0 saturated carbocycles. The van der Waals surface area contributed by atoms with Gasteiger partial charge >= 0.3 is 6.03 Å². The topological polar surface area (TPSA) is 74.0 Å². The molecule has 0 saturated heterocycles. The Morgan fingerprint density at radius 2 is 2.04 bits per heavy atom. The largest absolute Gasteiger partial charge is 0.338 e. The van der Waals surface area contributed by atoms with Gasteiger partial charge in [-0.05, 0) is 56.2 Å². The first kappa shape index (κ1) is 17.1. The van der Waals surface area contributed by atoms with E-state index in [-0.39, 0.29) is 17.6 Å². The average Bonchev–Trinajstić information content (AvgIpc) is 2.52. The second-order valence-corrected chi connectivity index (χ2v) is 6.05. The number of aryl methyl sites for hydroxylation is 2. The van der Waals surface area contributed by atoms with Crippen LogP contribution in [-0.2, 0) is 6.42 Å². The van der Waals surface area contributed by atoms with Crippen LogP contribution in [0.2, 0.25) is 0 Å². The number of urea groups is 1. The third-order valence-electron chi connectivity index (χ3n) is 4.30. The number of aromatic nitrogens is 1. The van der Waals surface area contributed by atoms with Crippen molar-refractivity contribution in [3.63, 3.8) is 0 Å². The van der Waals surface area contributed by atoms with E-state index in [1.165, 1.54) is 0 Å². The van der Waals surface area contributed by atoms with Crippen LogP contribution in [-0.4, -0.2) is 23.6 Å². The van der Waals surface area contributed by atoms with Crippen molar-refractivity contribution in [1.82, 2.24) is 15.6 Å². The lowest BCUT2D eigenvalue weighted by Gasteiger charge is -2.12. The summed E-state index contributed by atoms with van der Waals surface area (Å²) in [4.78, 5) is 26.8. The fourth-order valence-corrected chi connectivity index (χ4v) is 2.44. The van der Waals surface area contributed by atoms with Gasteiger partial charge in [0.1, 0.15) is 0 Å². The van der Waals surface area contributed by atoms with Gasteiger partial charge in [-0.25, -0.2) is 4.79 Å². The van der Waals surface area contributed by atoms with Crippen LogP contribution in [0.5, 0.6) is 0 Å². The average molecular weight is 315 g/mol. The maximum atomic E-state index is 12.2. The zero-order chi connectivity index (χ0) is 17.0. The highest BCUT2D eigenvalue weighted by Crippen LogP contribution is 2.18. The highest BCUT2D eigenvalue weighted by atomic mass is 16.2. The van der Waals surface area contributed by atoms with Crippen LogP contribution < -0.4 is 16.2 Å². The summed E-state index contributed by atoms with van der Waals surface area (Å²) < 4.78 is 0. The number of H-pyrrole nitrogens is 1. The van der Waals surface area contributed by atoms with E-state index in [1.807, 2.05) is 39.8 Å². The van der Waals surface area contributed by atoms with E-state index in [1.54, 1.807) is 0 Å². The molecule has 2 rings (SSSR count). The van der Waals surface area contributed by atoms with Crippen LogP contribution in [0.4, 0.5) is 4.79 Å². The van der Waals surface area contributed by atoms with Gasteiger partial charge < -0.3 is 15.6 Å². The molecule has 0 aliphatic rings. The minimum Gasteiger partial charge on any atom is -0.338 e. The van der Waals surface area contributed by atoms with Crippen molar-refractivity contribution in [2.24, 2.45) is 0 Å². The summed E-state index contributed by atoms with van der Waals surface area (Å²) in [6, 6.07) is 5.93. The van der Waals surface area contributed by atoms with Gasteiger partial charge in [-0.1, -0.05) is 19.1 Å². The van der Waals surface area contributed by atoms with Crippen molar-refractivity contribution in [3.05, 3.63) is 45.2 Å². The Bertz CT molecular complexity index is 765. The zero-order valence-corrected chi connectivity index (χ0v) is 14.2. The number of hydrogen-bond donors (Lipinski definition) is 3. The van der Waals surface area contributed by atoms with Crippen LogP contribution in [0.25, 0.3) is 10.9 Å². The van der Waals surface area contributed by atoms with Crippen molar-refractivity contribution < 1.29 is 4.79 Å². The fourth-order valence-electron chi connectivity index (χ4n) is 2.44. The van der Waals surface area contributed by atoms with Gasteiger partial charge in [-0.15, -0.1) is 0 Å². The molecule has 1 aromatic heterocycles. The second-order valence-electron chi connectivity index (χ2n) is 6.05. The van der Waals surface area contributed by atoms with Crippen molar-refractivity contribution in [1.29, 1.82) is 0 Å². The normalized spacial score (nSPS) is 12.2. The summed E-state index contributed by atoms with van der Waals surface area (Å²) in [5.41, 5.74) is 3.74. The summed E-state index contributed by atoms with van der Waals surface area (Å²) in [7, 11) is 0. The van der Waals surface area contributed by atoms with E-state index in [0.717, 1.165) is 28.5 Å². The first-order valence-electron chi connectivity index (χ1n) is 8.08. The molecule has 5 nitrogen and oxygen atoms in total. The molecule has 1 aromatic carbocycles. The van der Waals surface area contributed by atoms with E-state index < -0.39 is 0 Å². The van der Waals surface area contributed by atoms with Crippen molar-refractivity contribution in [3.8, 4) is 0 Å². The highest BCUT2D eigenvalue weighted by Gasteiger charge is 2.08. The Hall–Kier alpha value is -2.30. The molecule has 1 unspecified atom stereocenters. The van der Waals surface area contributed by atoms with Gasteiger partial charge in [0.2, 0.25) is 0 Å². The molecule has 1 atom stereocenters. The van der Waals surface area contributed by atoms with Gasteiger partial charge in [-0.2, -0.15) is 0 Å². The Morgan fingerprint density at radius 3 is 2.74 bits per heavy atom. The van der Waals surface area contributed by atoms with Gasteiger partial charge in [0.15, 0.2) is 0 Å². The first-order valence-corrected chi connectivity index (χ1v) is 8.08. The number of rotatable bonds is 5. The van der Waals surface area contributed by atoms with Crippen molar-refractivity contribution in [2.45, 2.75) is 46.6 Å². The molecule has 2 aromatic rings. The third kappa shape index (κ3) is 4.12. The molecular formula is C18H25N3O2. The summed E-state index contributed by atoms with van der Waals surface area (Å²) in [5, 5.41) is 6.65. The maximum Gasteiger partial charge on any atom is 0.315 e. The van der Waals surface area contributed by atoms with Gasteiger partial charge in [0.05, 0.1) is 5.52 Å². The molecule has 3 N–H and O–H groups in total. The molecular weight excluding hydrogens is 290 g/mol. The first-order chi connectivity index (χ1) is 10.9. The van der Waals surface area contributed by atoms with E-state index in [4.69, 9.17) is 0 Å². The monoisotopic (exact) mass is 315 g/mol. The lowest BCUT2D eigenvalue weighted by Crippen LogP contribution is -2.41. The SMILES string of the molecule is CCC(C)NC(=O)NCCc1cc2ccc(C)c(C)c2[nH]c1=O. The van der Waals surface area contributed by atoms with Gasteiger partial charge in [-0.3, -0.25) is 4.79 Å². The molecule has 23 heavy (non-hydrogen) atoms. The predicted molar refractivity (Wildman–Crippen MR) is 94.0 cm³/mol. The molecule has 0 aliphatic carbocycles. The smallest absolute Gasteiger partial charge is 0.315 e. The van der Waals surface area contributed by atoms with Crippen molar-refractivity contribution >= 4 is 16.9 Å². The third-order valence-corrected chi connectivity index (χ3v) is 4.30. The standard InChI is InChI=1S/C18H25N3O2/c1-5-12(3)20-18(23)19-9-8-15-10-14-7-6-11(2)13(4)16(14)21-17(15)22/h6-7,10,12H,5,8-9H2,1-4H3,(H,21,22)(H2,19,20,23). The van der Waals surface area contributed by atoms with E-state index in [0.29, 0.717) is 18.5 Å². The number of hydrogen-bond acceptors (Lipinski definition) is 2. The highest BCUT2D eigenvalue weighted by molar-refractivity contribution is 5.83. The van der Waals surface area contributed by atoms with Gasteiger partial charge in [0, 0.05) is 18.2 Å². The van der Waals surface area contributed by atoms with Crippen molar-refractivity contribution in [2.75, 3.05) is 6.54 Å². The summed E-state index contributed by atoms with van der Waals surface area (Å²) in [5.74, 6) is 0. The van der Waals surface area contributed by atoms with E-state index in [2.05, 4.69) is 21.7 Å². The van der Waals surface area contributed by atoms with Crippen LogP contribution in [0.15, 0.2) is 23.0 Å². The predicted octanol–water partition coefficient (Wildman–Crippen LogP) is 2.79. The summed E-state index contributed by atoms with van der Waals surface area (Å²) in [6.45, 7) is 8.44. The minimum absolute atomic E-state index is 0.0877. The number of carbonyl (C=O) groups excluding carboxylic acids is 1. The Kier molecular flexibility index (Phi) is 5.42.